The maximum absolute atomic E-state index is 12.7. The van der Waals surface area contributed by atoms with Crippen molar-refractivity contribution in [3.63, 3.8) is 0 Å². The molecule has 0 spiro atoms. The van der Waals surface area contributed by atoms with Gasteiger partial charge in [-0.1, -0.05) is 40.8 Å². The summed E-state index contributed by atoms with van der Waals surface area (Å²) in [5.74, 6) is 1.63. The number of carbonyl (C=O) groups excluding carboxylic acids is 1. The van der Waals surface area contributed by atoms with Gasteiger partial charge >= 0.3 is 6.09 Å². The molecule has 1 aliphatic rings. The van der Waals surface area contributed by atoms with Gasteiger partial charge in [-0.05, 0) is 24.6 Å². The molecule has 1 saturated heterocycles. The first kappa shape index (κ1) is 17.5. The molecule has 0 aliphatic carbocycles. The van der Waals surface area contributed by atoms with Crippen LogP contribution in [0.4, 0.5) is 4.79 Å². The molecule has 1 aromatic carbocycles. The summed E-state index contributed by atoms with van der Waals surface area (Å²) in [5.41, 5.74) is 2.78. The van der Waals surface area contributed by atoms with E-state index >= 15 is 0 Å². The Morgan fingerprint density at radius 2 is 2.00 bits per heavy atom. The molecule has 0 radical (unpaired) electrons. The Labute approximate surface area is 174 Å². The summed E-state index contributed by atoms with van der Waals surface area (Å²) in [4.78, 5) is 26.8. The number of piperidine rings is 1. The number of alkyl halides is 1. The van der Waals surface area contributed by atoms with Crippen LogP contribution in [-0.4, -0.2) is 47.4 Å². The minimum absolute atomic E-state index is 0.112. The number of halogens is 1. The number of rotatable bonds is 2. The number of hydrogen-bond donors (Lipinski definition) is 1. The van der Waals surface area contributed by atoms with Crippen molar-refractivity contribution >= 4 is 45.4 Å². The number of amides is 1. The molecule has 1 fully saturated rings. The zero-order valence-corrected chi connectivity index (χ0v) is 17.1. The first-order valence-electron chi connectivity index (χ1n) is 9.16. The molecule has 0 bridgehead atoms. The van der Waals surface area contributed by atoms with Crippen LogP contribution in [0.1, 0.15) is 18.2 Å². The highest BCUT2D eigenvalue weighted by molar-refractivity contribution is 14.1. The Bertz CT molecular complexity index is 1140. The maximum Gasteiger partial charge on any atom is 0.415 e. The number of likely N-dealkylation sites (tertiary alicyclic amines) is 1. The Balaban J connectivity index is 1.45. The molecule has 7 nitrogen and oxygen atoms in total. The third-order valence-electron chi connectivity index (χ3n) is 5.15. The van der Waals surface area contributed by atoms with E-state index in [0.29, 0.717) is 22.8 Å². The molecule has 5 rings (SSSR count). The lowest BCUT2D eigenvalue weighted by Crippen LogP contribution is -2.44. The molecule has 0 unspecified atom stereocenters. The fraction of sp³-hybridized carbons (Fsp3) is 0.250. The average Bonchev–Trinajstić information content (AvgIpc) is 3.35. The van der Waals surface area contributed by atoms with Crippen molar-refractivity contribution in [1.82, 2.24) is 24.3 Å². The summed E-state index contributed by atoms with van der Waals surface area (Å²) < 4.78 is 8.06. The van der Waals surface area contributed by atoms with Crippen molar-refractivity contribution < 1.29 is 9.53 Å². The van der Waals surface area contributed by atoms with Crippen LogP contribution >= 0.6 is 22.6 Å². The minimum atomic E-state index is -0.311. The Morgan fingerprint density at radius 3 is 2.86 bits per heavy atom. The minimum Gasteiger partial charge on any atom is -0.410 e. The lowest BCUT2D eigenvalue weighted by atomic mass is 9.97. The van der Waals surface area contributed by atoms with Gasteiger partial charge in [-0.15, -0.1) is 0 Å². The van der Waals surface area contributed by atoms with Gasteiger partial charge < -0.3 is 14.6 Å². The van der Waals surface area contributed by atoms with Gasteiger partial charge in [-0.2, -0.15) is 0 Å². The number of H-pyrrole nitrogens is 1. The van der Waals surface area contributed by atoms with Crippen molar-refractivity contribution in [3.05, 3.63) is 60.8 Å². The fourth-order valence-electron chi connectivity index (χ4n) is 3.75. The summed E-state index contributed by atoms with van der Waals surface area (Å²) in [6.07, 6.45) is 6.13. The number of hydrogen-bond acceptors (Lipinski definition) is 4. The third kappa shape index (κ3) is 3.01. The monoisotopic (exact) mass is 487 g/mol. The number of carbonyl (C=O) groups is 1. The third-order valence-corrected chi connectivity index (χ3v) is 6.64. The summed E-state index contributed by atoms with van der Waals surface area (Å²) in [5, 5.41) is 0. The Morgan fingerprint density at radius 1 is 1.18 bits per heavy atom. The highest BCUT2D eigenvalue weighted by Crippen LogP contribution is 2.33. The van der Waals surface area contributed by atoms with Crippen LogP contribution in [-0.2, 0) is 0 Å². The van der Waals surface area contributed by atoms with Gasteiger partial charge in [0.2, 0.25) is 0 Å². The number of aromatic amines is 1. The predicted molar refractivity (Wildman–Crippen MR) is 114 cm³/mol. The molecular weight excluding hydrogens is 469 g/mol. The van der Waals surface area contributed by atoms with Crippen molar-refractivity contribution in [3.8, 4) is 5.75 Å². The molecule has 1 amide bonds. The predicted octanol–water partition coefficient (Wildman–Crippen LogP) is 4.00. The lowest BCUT2D eigenvalue weighted by molar-refractivity contribution is 0.138. The molecule has 2 atom stereocenters. The molecular formula is C20H18IN5O2. The van der Waals surface area contributed by atoms with E-state index in [1.165, 1.54) is 0 Å². The van der Waals surface area contributed by atoms with Gasteiger partial charge in [0, 0.05) is 29.1 Å². The summed E-state index contributed by atoms with van der Waals surface area (Å²) >= 11 is 2.48. The second kappa shape index (κ2) is 7.08. The zero-order chi connectivity index (χ0) is 19.1. The first-order valence-corrected chi connectivity index (χ1v) is 10.4. The van der Waals surface area contributed by atoms with E-state index in [1.807, 2.05) is 42.9 Å². The molecule has 4 heterocycles. The maximum atomic E-state index is 12.7. The van der Waals surface area contributed by atoms with E-state index < -0.39 is 0 Å². The Kier molecular flexibility index (Phi) is 4.42. The molecule has 1 N–H and O–H groups in total. The van der Waals surface area contributed by atoms with Gasteiger partial charge in [0.1, 0.15) is 11.6 Å². The van der Waals surface area contributed by atoms with E-state index in [2.05, 4.69) is 37.0 Å². The average molecular weight is 487 g/mol. The van der Waals surface area contributed by atoms with Crippen LogP contribution in [0.3, 0.4) is 0 Å². The topological polar surface area (TPSA) is 75.5 Å². The number of fused-ring (bicyclic) bond motifs is 3. The van der Waals surface area contributed by atoms with Crippen LogP contribution in [0, 0.1) is 0 Å². The number of imidazole rings is 1. The number of nitrogens with zero attached hydrogens (tertiary/aromatic N) is 4. The largest absolute Gasteiger partial charge is 0.415 e. The van der Waals surface area contributed by atoms with Gasteiger partial charge in [-0.3, -0.25) is 4.40 Å². The SMILES string of the molecule is O=C(Oc1ccccc1)N1CC[C@@H](I)[C@@H](c2ncc3cnc4[nH]ccc4n23)C1. The molecule has 3 aromatic heterocycles. The van der Waals surface area contributed by atoms with E-state index in [1.54, 1.807) is 17.0 Å². The molecule has 0 saturated carbocycles. The second-order valence-electron chi connectivity index (χ2n) is 6.88. The van der Waals surface area contributed by atoms with Crippen molar-refractivity contribution in [2.75, 3.05) is 13.1 Å². The Hall–Kier alpha value is -2.62. The number of aromatic nitrogens is 4. The molecule has 28 heavy (non-hydrogen) atoms. The zero-order valence-electron chi connectivity index (χ0n) is 15.0. The molecule has 4 aromatic rings. The van der Waals surface area contributed by atoms with Gasteiger partial charge in [0.05, 0.1) is 23.4 Å². The van der Waals surface area contributed by atoms with Crippen LogP contribution in [0.25, 0.3) is 16.7 Å². The van der Waals surface area contributed by atoms with E-state index in [9.17, 15) is 4.79 Å². The van der Waals surface area contributed by atoms with Crippen LogP contribution < -0.4 is 4.74 Å². The number of para-hydroxylation sites is 1. The number of benzene rings is 1. The summed E-state index contributed by atoms with van der Waals surface area (Å²) in [6, 6.07) is 11.2. The quantitative estimate of drug-likeness (QED) is 0.343. The summed E-state index contributed by atoms with van der Waals surface area (Å²) in [7, 11) is 0. The standard InChI is InChI=1S/C20H18IN5O2/c21-16-7-9-25(20(27)28-14-4-2-1-3-5-14)12-15(16)19-24-11-13-10-23-18-17(26(13)19)6-8-22-18/h1-6,8,10-11,15-16,22H,7,9,12H2/t15-,16+/m0/s1. The highest BCUT2D eigenvalue weighted by atomic mass is 127. The smallest absolute Gasteiger partial charge is 0.410 e. The van der Waals surface area contributed by atoms with Gasteiger partial charge in [0.25, 0.3) is 0 Å². The van der Waals surface area contributed by atoms with Crippen LogP contribution in [0.2, 0.25) is 0 Å². The fourth-order valence-corrected chi connectivity index (χ4v) is 4.58. The van der Waals surface area contributed by atoms with E-state index in [-0.39, 0.29) is 12.0 Å². The summed E-state index contributed by atoms with van der Waals surface area (Å²) in [6.45, 7) is 1.26. The molecule has 1 aliphatic heterocycles. The van der Waals surface area contributed by atoms with Crippen molar-refractivity contribution in [2.45, 2.75) is 16.3 Å². The molecule has 8 heteroatoms. The highest BCUT2D eigenvalue weighted by Gasteiger charge is 2.34. The first-order chi connectivity index (χ1) is 13.7. The second-order valence-corrected chi connectivity index (χ2v) is 8.48. The lowest BCUT2D eigenvalue weighted by Gasteiger charge is -2.34. The van der Waals surface area contributed by atoms with Crippen molar-refractivity contribution in [1.29, 1.82) is 0 Å². The van der Waals surface area contributed by atoms with Gasteiger partial charge in [-0.25, -0.2) is 14.8 Å². The number of ether oxygens (including phenoxy) is 1. The van der Waals surface area contributed by atoms with E-state index in [4.69, 9.17) is 9.72 Å². The number of nitrogens with one attached hydrogen (secondary N) is 1. The molecule has 142 valence electrons. The van der Waals surface area contributed by atoms with Crippen LogP contribution in [0.15, 0.2) is 55.0 Å². The van der Waals surface area contributed by atoms with E-state index in [0.717, 1.165) is 28.9 Å². The van der Waals surface area contributed by atoms with Gasteiger partial charge in [0.15, 0.2) is 5.65 Å². The van der Waals surface area contributed by atoms with Crippen LogP contribution in [0.5, 0.6) is 5.75 Å². The normalized spacial score (nSPS) is 20.0. The van der Waals surface area contributed by atoms with Crippen molar-refractivity contribution in [2.24, 2.45) is 0 Å².